The minimum atomic E-state index is -0.248. The molecule has 156 valence electrons. The summed E-state index contributed by atoms with van der Waals surface area (Å²) in [7, 11) is 1.59. The molecular formula is C22H20N6O3. The van der Waals surface area contributed by atoms with Crippen molar-refractivity contribution in [2.75, 3.05) is 12.4 Å². The van der Waals surface area contributed by atoms with E-state index in [1.165, 1.54) is 12.5 Å². The summed E-state index contributed by atoms with van der Waals surface area (Å²) < 4.78 is 12.7. The highest BCUT2D eigenvalue weighted by molar-refractivity contribution is 6.04. The van der Waals surface area contributed by atoms with Crippen molar-refractivity contribution in [3.05, 3.63) is 77.7 Å². The van der Waals surface area contributed by atoms with Crippen LogP contribution < -0.4 is 14.8 Å². The van der Waals surface area contributed by atoms with Gasteiger partial charge >= 0.3 is 0 Å². The Hall–Kier alpha value is -4.27. The zero-order chi connectivity index (χ0) is 21.8. The molecule has 0 saturated carbocycles. The lowest BCUT2D eigenvalue weighted by Gasteiger charge is -2.11. The van der Waals surface area contributed by atoms with Crippen LogP contribution in [0.1, 0.15) is 21.5 Å². The Labute approximate surface area is 178 Å². The fourth-order valence-corrected chi connectivity index (χ4v) is 3.02. The molecule has 0 aliphatic rings. The van der Waals surface area contributed by atoms with Crippen LogP contribution in [0.2, 0.25) is 0 Å². The van der Waals surface area contributed by atoms with Gasteiger partial charge in [-0.15, -0.1) is 5.10 Å². The van der Waals surface area contributed by atoms with Crippen LogP contribution in [0.25, 0.3) is 5.69 Å². The van der Waals surface area contributed by atoms with Gasteiger partial charge in [0.2, 0.25) is 5.88 Å². The number of pyridine rings is 1. The Balaban J connectivity index is 1.44. The zero-order valence-electron chi connectivity index (χ0n) is 17.2. The van der Waals surface area contributed by atoms with Crippen LogP contribution >= 0.6 is 0 Å². The Morgan fingerprint density at radius 3 is 2.58 bits per heavy atom. The molecule has 0 aliphatic heterocycles. The number of carbonyl (C=O) groups is 1. The molecule has 2 aromatic carbocycles. The molecule has 9 heteroatoms. The van der Waals surface area contributed by atoms with Gasteiger partial charge in [0.25, 0.3) is 5.91 Å². The standard InChI is InChI=1S/C22H20N6O3/c1-14-4-8-19(20(10-14)30-3)31-21-9-6-17(12-23-21)25-22(29)16-5-7-18(15(2)11-16)28-13-24-26-27-28/h4-13H,1-3H3,(H,25,29). The van der Waals surface area contributed by atoms with E-state index in [2.05, 4.69) is 25.8 Å². The highest BCUT2D eigenvalue weighted by Gasteiger charge is 2.11. The van der Waals surface area contributed by atoms with Crippen LogP contribution in [0, 0.1) is 13.8 Å². The Morgan fingerprint density at radius 1 is 1.03 bits per heavy atom. The molecule has 4 rings (SSSR count). The van der Waals surface area contributed by atoms with E-state index in [-0.39, 0.29) is 5.91 Å². The van der Waals surface area contributed by atoms with Crippen molar-refractivity contribution >= 4 is 11.6 Å². The molecule has 0 spiro atoms. The summed E-state index contributed by atoms with van der Waals surface area (Å²) in [6, 6.07) is 14.3. The van der Waals surface area contributed by atoms with E-state index in [9.17, 15) is 4.79 Å². The first kappa shape index (κ1) is 20.0. The van der Waals surface area contributed by atoms with E-state index in [1.807, 2.05) is 32.0 Å². The number of amides is 1. The van der Waals surface area contributed by atoms with Crippen LogP contribution in [0.3, 0.4) is 0 Å². The second kappa shape index (κ2) is 8.62. The van der Waals surface area contributed by atoms with Gasteiger partial charge in [-0.05, 0) is 71.8 Å². The lowest BCUT2D eigenvalue weighted by molar-refractivity contribution is 0.102. The largest absolute Gasteiger partial charge is 0.493 e. The third kappa shape index (κ3) is 4.50. The SMILES string of the molecule is COc1cc(C)ccc1Oc1ccc(NC(=O)c2ccc(-n3cnnn3)c(C)c2)cn1. The molecule has 0 radical (unpaired) electrons. The number of carbonyl (C=O) groups excluding carboxylic acids is 1. The minimum Gasteiger partial charge on any atom is -0.493 e. The van der Waals surface area contributed by atoms with Gasteiger partial charge in [-0.25, -0.2) is 9.67 Å². The maximum Gasteiger partial charge on any atom is 0.255 e. The summed E-state index contributed by atoms with van der Waals surface area (Å²) in [6.07, 6.45) is 3.04. The second-order valence-electron chi connectivity index (χ2n) is 6.85. The van der Waals surface area contributed by atoms with Crippen molar-refractivity contribution < 1.29 is 14.3 Å². The molecule has 1 amide bonds. The molecule has 31 heavy (non-hydrogen) atoms. The predicted octanol–water partition coefficient (Wildman–Crippen LogP) is 3.73. The van der Waals surface area contributed by atoms with Gasteiger partial charge in [0.05, 0.1) is 24.7 Å². The maximum absolute atomic E-state index is 12.6. The molecule has 0 unspecified atom stereocenters. The lowest BCUT2D eigenvalue weighted by Crippen LogP contribution is -2.13. The summed E-state index contributed by atoms with van der Waals surface area (Å²) in [5.41, 5.74) is 3.80. The number of hydrogen-bond acceptors (Lipinski definition) is 7. The van der Waals surface area contributed by atoms with Gasteiger partial charge in [-0.2, -0.15) is 0 Å². The second-order valence-corrected chi connectivity index (χ2v) is 6.85. The zero-order valence-corrected chi connectivity index (χ0v) is 17.2. The molecule has 1 N–H and O–H groups in total. The third-order valence-electron chi connectivity index (χ3n) is 4.58. The first-order chi connectivity index (χ1) is 15.0. The van der Waals surface area contributed by atoms with Crippen molar-refractivity contribution in [1.29, 1.82) is 0 Å². The van der Waals surface area contributed by atoms with Gasteiger partial charge < -0.3 is 14.8 Å². The summed E-state index contributed by atoms with van der Waals surface area (Å²) in [5.74, 6) is 1.33. The fourth-order valence-electron chi connectivity index (χ4n) is 3.02. The van der Waals surface area contributed by atoms with Crippen LogP contribution in [-0.4, -0.2) is 38.2 Å². The van der Waals surface area contributed by atoms with Crippen molar-refractivity contribution in [3.63, 3.8) is 0 Å². The monoisotopic (exact) mass is 416 g/mol. The van der Waals surface area contributed by atoms with Crippen molar-refractivity contribution in [1.82, 2.24) is 25.2 Å². The molecule has 2 heterocycles. The molecule has 4 aromatic rings. The smallest absolute Gasteiger partial charge is 0.255 e. The average molecular weight is 416 g/mol. The van der Waals surface area contributed by atoms with Crippen LogP contribution in [0.5, 0.6) is 17.4 Å². The highest BCUT2D eigenvalue weighted by atomic mass is 16.5. The van der Waals surface area contributed by atoms with Crippen molar-refractivity contribution in [2.45, 2.75) is 13.8 Å². The van der Waals surface area contributed by atoms with E-state index < -0.39 is 0 Å². The maximum atomic E-state index is 12.6. The summed E-state index contributed by atoms with van der Waals surface area (Å²) in [6.45, 7) is 3.86. The van der Waals surface area contributed by atoms with Gasteiger partial charge in [0.15, 0.2) is 11.5 Å². The number of nitrogens with zero attached hydrogens (tertiary/aromatic N) is 5. The number of tetrazole rings is 1. The molecule has 0 fully saturated rings. The Bertz CT molecular complexity index is 1210. The normalized spacial score (nSPS) is 10.5. The number of benzene rings is 2. The molecule has 0 atom stereocenters. The topological polar surface area (TPSA) is 104 Å². The Kier molecular flexibility index (Phi) is 5.57. The number of anilines is 1. The van der Waals surface area contributed by atoms with E-state index >= 15 is 0 Å². The van der Waals surface area contributed by atoms with Crippen molar-refractivity contribution in [3.8, 4) is 23.1 Å². The van der Waals surface area contributed by atoms with E-state index in [1.54, 1.807) is 42.1 Å². The number of nitrogens with one attached hydrogen (secondary N) is 1. The number of aromatic nitrogens is 5. The Morgan fingerprint density at radius 2 is 1.90 bits per heavy atom. The number of rotatable bonds is 6. The minimum absolute atomic E-state index is 0.248. The predicted molar refractivity (Wildman–Crippen MR) is 114 cm³/mol. The van der Waals surface area contributed by atoms with E-state index in [4.69, 9.17) is 9.47 Å². The van der Waals surface area contributed by atoms with Crippen LogP contribution in [0.4, 0.5) is 5.69 Å². The van der Waals surface area contributed by atoms with Gasteiger partial charge in [0, 0.05) is 11.6 Å². The molecule has 0 saturated heterocycles. The fraction of sp³-hybridized carbons (Fsp3) is 0.136. The average Bonchev–Trinajstić information content (AvgIpc) is 3.30. The van der Waals surface area contributed by atoms with Crippen LogP contribution in [-0.2, 0) is 0 Å². The molecule has 0 bridgehead atoms. The summed E-state index contributed by atoms with van der Waals surface area (Å²) in [5, 5.41) is 14.0. The molecule has 0 aliphatic carbocycles. The number of methoxy groups -OCH3 is 1. The summed E-state index contributed by atoms with van der Waals surface area (Å²) >= 11 is 0. The highest BCUT2D eigenvalue weighted by Crippen LogP contribution is 2.31. The first-order valence-electron chi connectivity index (χ1n) is 9.47. The molecule has 2 aromatic heterocycles. The van der Waals surface area contributed by atoms with E-state index in [0.717, 1.165) is 16.8 Å². The van der Waals surface area contributed by atoms with Gasteiger partial charge in [0.1, 0.15) is 6.33 Å². The van der Waals surface area contributed by atoms with Gasteiger partial charge in [-0.3, -0.25) is 4.79 Å². The number of hydrogen-bond donors (Lipinski definition) is 1. The van der Waals surface area contributed by atoms with Gasteiger partial charge in [-0.1, -0.05) is 6.07 Å². The number of aryl methyl sites for hydroxylation is 2. The molecular weight excluding hydrogens is 396 g/mol. The van der Waals surface area contributed by atoms with Crippen molar-refractivity contribution in [2.24, 2.45) is 0 Å². The number of ether oxygens (including phenoxy) is 2. The lowest BCUT2D eigenvalue weighted by atomic mass is 10.1. The van der Waals surface area contributed by atoms with E-state index in [0.29, 0.717) is 28.6 Å². The van der Waals surface area contributed by atoms with Crippen LogP contribution in [0.15, 0.2) is 61.1 Å². The quantitative estimate of drug-likeness (QED) is 0.511. The third-order valence-corrected chi connectivity index (χ3v) is 4.58. The summed E-state index contributed by atoms with van der Waals surface area (Å²) in [4.78, 5) is 16.9. The first-order valence-corrected chi connectivity index (χ1v) is 9.47. The molecule has 9 nitrogen and oxygen atoms in total.